The molecule has 0 aliphatic carbocycles. The van der Waals surface area contributed by atoms with Gasteiger partial charge < -0.3 is 4.74 Å². The van der Waals surface area contributed by atoms with Gasteiger partial charge in [-0.25, -0.2) is 10.0 Å². The predicted octanol–water partition coefficient (Wildman–Crippen LogP) is 0.907. The Kier molecular flexibility index (Phi) is 5.67. The second kappa shape index (κ2) is 6.79. The SMILES string of the molecule is [B]c1nn(COCCS(C)(C)C)c([B])c1B1CC(C)(C)C(C)(C)C1. The number of aromatic nitrogens is 2. The van der Waals surface area contributed by atoms with Crippen molar-refractivity contribution < 1.29 is 4.74 Å². The molecule has 0 atom stereocenters. The van der Waals surface area contributed by atoms with E-state index in [-0.39, 0.29) is 10.8 Å². The summed E-state index contributed by atoms with van der Waals surface area (Å²) in [6.07, 6.45) is 9.05. The highest BCUT2D eigenvalue weighted by Gasteiger charge is 2.49. The van der Waals surface area contributed by atoms with Crippen LogP contribution in [-0.2, 0) is 11.5 Å². The van der Waals surface area contributed by atoms with Crippen molar-refractivity contribution in [3.8, 4) is 0 Å². The zero-order valence-corrected chi connectivity index (χ0v) is 17.3. The Morgan fingerprint density at radius 2 is 1.67 bits per heavy atom. The molecule has 1 saturated heterocycles. The molecule has 0 unspecified atom stereocenters. The molecule has 1 aromatic rings. The number of ether oxygens (including phenoxy) is 1. The van der Waals surface area contributed by atoms with Crippen molar-refractivity contribution in [1.29, 1.82) is 0 Å². The van der Waals surface area contributed by atoms with Gasteiger partial charge >= 0.3 is 0 Å². The minimum atomic E-state index is -0.541. The van der Waals surface area contributed by atoms with Gasteiger partial charge in [-0.1, -0.05) is 45.8 Å². The lowest BCUT2D eigenvalue weighted by Crippen LogP contribution is -2.47. The van der Waals surface area contributed by atoms with Crippen molar-refractivity contribution in [3.63, 3.8) is 0 Å². The molecule has 0 aromatic carbocycles. The summed E-state index contributed by atoms with van der Waals surface area (Å²) < 4.78 is 7.50. The van der Waals surface area contributed by atoms with E-state index in [1.54, 1.807) is 4.68 Å². The quantitative estimate of drug-likeness (QED) is 0.567. The van der Waals surface area contributed by atoms with Crippen LogP contribution in [0.1, 0.15) is 27.7 Å². The van der Waals surface area contributed by atoms with Gasteiger partial charge in [0.15, 0.2) is 6.71 Å². The first-order valence-electron chi connectivity index (χ1n) is 8.69. The van der Waals surface area contributed by atoms with Crippen molar-refractivity contribution in [2.45, 2.75) is 47.1 Å². The van der Waals surface area contributed by atoms with Gasteiger partial charge in [0.25, 0.3) is 0 Å². The Balaban J connectivity index is 2.07. The molecular formula is C17H31B3N2OS. The largest absolute Gasteiger partial charge is 0.358 e. The molecule has 1 aromatic heterocycles. The maximum absolute atomic E-state index is 6.37. The second-order valence-electron chi connectivity index (χ2n) is 9.39. The highest BCUT2D eigenvalue weighted by atomic mass is 32.3. The van der Waals surface area contributed by atoms with Gasteiger partial charge in [-0.2, -0.15) is 5.10 Å². The van der Waals surface area contributed by atoms with Crippen LogP contribution in [0.3, 0.4) is 0 Å². The molecular weight excluding hydrogens is 313 g/mol. The monoisotopic (exact) mass is 344 g/mol. The molecule has 0 amide bonds. The van der Waals surface area contributed by atoms with Gasteiger partial charge in [0.1, 0.15) is 22.4 Å². The predicted molar refractivity (Wildman–Crippen MR) is 112 cm³/mol. The maximum Gasteiger partial charge on any atom is 0.179 e. The fourth-order valence-electron chi connectivity index (χ4n) is 3.55. The summed E-state index contributed by atoms with van der Waals surface area (Å²) in [7, 11) is 12.0. The van der Waals surface area contributed by atoms with Gasteiger partial charge in [-0.15, -0.1) is 0 Å². The van der Waals surface area contributed by atoms with Crippen LogP contribution in [0.2, 0.25) is 12.6 Å². The molecule has 3 nitrogen and oxygen atoms in total. The lowest BCUT2D eigenvalue weighted by atomic mass is 9.40. The third kappa shape index (κ3) is 4.27. The molecule has 0 bridgehead atoms. The van der Waals surface area contributed by atoms with Crippen LogP contribution < -0.4 is 16.6 Å². The lowest BCUT2D eigenvalue weighted by Gasteiger charge is -2.35. The van der Waals surface area contributed by atoms with E-state index in [0.29, 0.717) is 24.6 Å². The van der Waals surface area contributed by atoms with Crippen LogP contribution in [0.25, 0.3) is 0 Å². The van der Waals surface area contributed by atoms with Crippen molar-refractivity contribution in [2.24, 2.45) is 10.8 Å². The smallest absolute Gasteiger partial charge is 0.179 e. The van der Waals surface area contributed by atoms with Crippen molar-refractivity contribution >= 4 is 49.1 Å². The van der Waals surface area contributed by atoms with E-state index in [1.165, 1.54) is 0 Å². The maximum atomic E-state index is 6.37. The average molecular weight is 344 g/mol. The Morgan fingerprint density at radius 3 is 2.17 bits per heavy atom. The van der Waals surface area contributed by atoms with Crippen LogP contribution in [0, 0.1) is 10.8 Å². The molecule has 0 N–H and O–H groups in total. The van der Waals surface area contributed by atoms with Crippen LogP contribution in [0.4, 0.5) is 0 Å². The Bertz CT molecular complexity index is 577. The number of hydrogen-bond donors (Lipinski definition) is 0. The molecule has 7 heteroatoms. The Labute approximate surface area is 152 Å². The fourth-order valence-corrected chi connectivity index (χ4v) is 4.16. The molecule has 2 heterocycles. The first-order chi connectivity index (χ1) is 10.8. The molecule has 4 radical (unpaired) electrons. The molecule has 0 spiro atoms. The number of rotatable bonds is 6. The first-order valence-corrected chi connectivity index (χ1v) is 11.7. The van der Waals surface area contributed by atoms with Crippen molar-refractivity contribution in [2.75, 3.05) is 31.1 Å². The standard InChI is InChI=1S/C17H31B3N2OS/c1-16(2)10-20(11-17(16,3)4)13-14(18)21-22(15(13)19)12-23-8-9-24(5,6)7/h8-12H2,1-7H3. The van der Waals surface area contributed by atoms with Gasteiger partial charge in [0, 0.05) is 11.3 Å². The summed E-state index contributed by atoms with van der Waals surface area (Å²) in [6.45, 7) is 10.8. The minimum Gasteiger partial charge on any atom is -0.358 e. The van der Waals surface area contributed by atoms with E-state index >= 15 is 0 Å². The third-order valence-electron chi connectivity index (χ3n) is 5.87. The van der Waals surface area contributed by atoms with E-state index in [1.807, 2.05) is 0 Å². The molecule has 1 fully saturated rings. The summed E-state index contributed by atoms with van der Waals surface area (Å²) in [6, 6.07) is 0. The highest BCUT2D eigenvalue weighted by Crippen LogP contribution is 2.52. The Morgan fingerprint density at radius 1 is 1.12 bits per heavy atom. The summed E-state index contributed by atoms with van der Waals surface area (Å²) in [5.74, 6) is 1.08. The van der Waals surface area contributed by atoms with Crippen LogP contribution in [0.15, 0.2) is 0 Å². The number of hydrogen-bond acceptors (Lipinski definition) is 2. The van der Waals surface area contributed by atoms with Gasteiger partial charge in [0.05, 0.1) is 6.61 Å². The van der Waals surface area contributed by atoms with Crippen molar-refractivity contribution in [1.82, 2.24) is 9.78 Å². The third-order valence-corrected chi connectivity index (χ3v) is 7.26. The minimum absolute atomic E-state index is 0.268. The average Bonchev–Trinajstić information content (AvgIpc) is 2.77. The molecule has 1 aliphatic rings. The highest BCUT2D eigenvalue weighted by molar-refractivity contribution is 8.32. The van der Waals surface area contributed by atoms with E-state index in [4.69, 9.17) is 20.4 Å². The summed E-state index contributed by atoms with van der Waals surface area (Å²) >= 11 is 0. The normalized spacial score (nSPS) is 20.5. The number of nitrogens with zero attached hydrogens (tertiary/aromatic N) is 2. The Hall–Kier alpha value is -0.285. The van der Waals surface area contributed by atoms with Crippen molar-refractivity contribution in [3.05, 3.63) is 0 Å². The van der Waals surface area contributed by atoms with E-state index in [9.17, 15) is 0 Å². The van der Waals surface area contributed by atoms with E-state index in [0.717, 1.165) is 30.5 Å². The first kappa shape index (κ1) is 20.0. The zero-order chi connectivity index (χ0) is 18.3. The van der Waals surface area contributed by atoms with Crippen LogP contribution in [0.5, 0.6) is 0 Å². The van der Waals surface area contributed by atoms with Crippen LogP contribution in [-0.4, -0.2) is 63.3 Å². The van der Waals surface area contributed by atoms with Gasteiger partial charge in [-0.3, -0.25) is 4.68 Å². The summed E-state index contributed by atoms with van der Waals surface area (Å²) in [5, 5.41) is 4.44. The molecule has 1 aliphatic heterocycles. The fraction of sp³-hybridized carbons (Fsp3) is 0.824. The topological polar surface area (TPSA) is 27.1 Å². The lowest BCUT2D eigenvalue weighted by molar-refractivity contribution is 0.0835. The zero-order valence-electron chi connectivity index (χ0n) is 16.5. The molecule has 24 heavy (non-hydrogen) atoms. The molecule has 0 saturated carbocycles. The molecule has 130 valence electrons. The van der Waals surface area contributed by atoms with Crippen LogP contribution >= 0.6 is 10.0 Å². The van der Waals surface area contributed by atoms with Gasteiger partial charge in [-0.05, 0) is 35.2 Å². The van der Waals surface area contributed by atoms with E-state index in [2.05, 4.69) is 51.6 Å². The van der Waals surface area contributed by atoms with E-state index < -0.39 is 10.0 Å². The summed E-state index contributed by atoms with van der Waals surface area (Å²) in [4.78, 5) is 0. The molecule has 2 rings (SSSR count). The van der Waals surface area contributed by atoms with Gasteiger partial charge in [0.2, 0.25) is 0 Å². The second-order valence-corrected chi connectivity index (χ2v) is 14.0. The summed E-state index contributed by atoms with van der Waals surface area (Å²) in [5.41, 5.74) is 2.80.